The largest absolute Gasteiger partial charge is 0.384 e. The van der Waals surface area contributed by atoms with Crippen LogP contribution in [0.3, 0.4) is 0 Å². The summed E-state index contributed by atoms with van der Waals surface area (Å²) in [4.78, 5) is 12.4. The lowest BCUT2D eigenvalue weighted by molar-refractivity contribution is -0.127. The van der Waals surface area contributed by atoms with Gasteiger partial charge >= 0.3 is 0 Å². The summed E-state index contributed by atoms with van der Waals surface area (Å²) in [5, 5.41) is 11.0. The second-order valence-corrected chi connectivity index (χ2v) is 6.88. The average molecular weight is 414 g/mol. The van der Waals surface area contributed by atoms with Crippen molar-refractivity contribution >= 4 is 36.5 Å². The topological polar surface area (TPSA) is 85.0 Å². The van der Waals surface area contributed by atoms with Gasteiger partial charge in [0.05, 0.1) is 16.9 Å². The van der Waals surface area contributed by atoms with Gasteiger partial charge in [-0.2, -0.15) is 5.10 Å². The molecule has 150 valence electrons. The standard InChI is InChI=1S/C19H27N5O.2ClH/c1-19(11-5-6-13-22-19)18(25)21-12-7-8-15-14-17(20)24(23-15)16-9-3-2-4-10-16;;/h2-4,9-10,14,22H,5-8,11-13,20H2,1H3,(H,21,25);2*1H. The number of amides is 1. The monoisotopic (exact) mass is 413 g/mol. The van der Waals surface area contributed by atoms with Crippen LogP contribution in [0.1, 0.15) is 38.3 Å². The van der Waals surface area contributed by atoms with Gasteiger partial charge in [-0.15, -0.1) is 24.8 Å². The fourth-order valence-electron chi connectivity index (χ4n) is 3.26. The molecule has 1 unspecified atom stereocenters. The van der Waals surface area contributed by atoms with Crippen LogP contribution < -0.4 is 16.4 Å². The highest BCUT2D eigenvalue weighted by molar-refractivity contribution is 5.86. The number of carbonyl (C=O) groups is 1. The van der Waals surface area contributed by atoms with Crippen molar-refractivity contribution in [2.75, 3.05) is 18.8 Å². The number of nitrogens with one attached hydrogen (secondary N) is 2. The Morgan fingerprint density at radius 1 is 1.30 bits per heavy atom. The molecule has 0 radical (unpaired) electrons. The number of aryl methyl sites for hydroxylation is 1. The van der Waals surface area contributed by atoms with Crippen LogP contribution in [0.5, 0.6) is 0 Å². The Bertz CT molecular complexity index is 714. The summed E-state index contributed by atoms with van der Waals surface area (Å²) in [6.07, 6.45) is 4.78. The molecule has 0 bridgehead atoms. The molecule has 2 heterocycles. The summed E-state index contributed by atoms with van der Waals surface area (Å²) in [6, 6.07) is 11.8. The lowest BCUT2D eigenvalue weighted by Crippen LogP contribution is -2.57. The molecule has 2 aromatic rings. The van der Waals surface area contributed by atoms with Crippen LogP contribution in [0.2, 0.25) is 0 Å². The van der Waals surface area contributed by atoms with E-state index >= 15 is 0 Å². The minimum absolute atomic E-state index is 0. The van der Waals surface area contributed by atoms with Gasteiger partial charge < -0.3 is 16.4 Å². The molecule has 0 spiro atoms. The Labute approximate surface area is 173 Å². The molecule has 1 saturated heterocycles. The third kappa shape index (κ3) is 5.86. The predicted molar refractivity (Wildman–Crippen MR) is 114 cm³/mol. The fourth-order valence-corrected chi connectivity index (χ4v) is 3.26. The zero-order valence-electron chi connectivity index (χ0n) is 15.6. The second-order valence-electron chi connectivity index (χ2n) is 6.88. The smallest absolute Gasteiger partial charge is 0.240 e. The molecule has 4 N–H and O–H groups in total. The van der Waals surface area contributed by atoms with Crippen molar-refractivity contribution in [1.29, 1.82) is 0 Å². The molecule has 1 aromatic heterocycles. The van der Waals surface area contributed by atoms with Gasteiger partial charge in [-0.3, -0.25) is 4.79 Å². The molecule has 1 aromatic carbocycles. The molecule has 1 amide bonds. The van der Waals surface area contributed by atoms with Gasteiger partial charge in [0, 0.05) is 12.6 Å². The number of hydrogen-bond donors (Lipinski definition) is 3. The maximum absolute atomic E-state index is 12.4. The highest BCUT2D eigenvalue weighted by Crippen LogP contribution is 2.19. The lowest BCUT2D eigenvalue weighted by atomic mass is 9.90. The maximum atomic E-state index is 12.4. The summed E-state index contributed by atoms with van der Waals surface area (Å²) in [5.41, 5.74) is 7.54. The van der Waals surface area contributed by atoms with E-state index in [1.807, 2.05) is 43.3 Å². The molecule has 1 aliphatic rings. The number of anilines is 1. The zero-order chi connectivity index (χ0) is 17.7. The number of carbonyl (C=O) groups excluding carboxylic acids is 1. The van der Waals surface area contributed by atoms with Crippen molar-refractivity contribution in [3.8, 4) is 5.69 Å². The SMILES string of the molecule is CC1(C(=O)NCCCc2cc(N)n(-c3ccccc3)n2)CCCCN1.Cl.Cl. The normalized spacial score (nSPS) is 18.9. The van der Waals surface area contributed by atoms with E-state index in [4.69, 9.17) is 5.73 Å². The van der Waals surface area contributed by atoms with E-state index in [0.29, 0.717) is 12.4 Å². The highest BCUT2D eigenvalue weighted by atomic mass is 35.5. The van der Waals surface area contributed by atoms with E-state index in [9.17, 15) is 4.79 Å². The Kier molecular flexibility index (Phi) is 9.09. The van der Waals surface area contributed by atoms with Gasteiger partial charge in [0.1, 0.15) is 5.82 Å². The van der Waals surface area contributed by atoms with E-state index < -0.39 is 5.54 Å². The maximum Gasteiger partial charge on any atom is 0.240 e. The van der Waals surface area contributed by atoms with Crippen molar-refractivity contribution < 1.29 is 4.79 Å². The van der Waals surface area contributed by atoms with E-state index in [2.05, 4.69) is 15.7 Å². The molecule has 1 atom stereocenters. The molecule has 8 heteroatoms. The first-order valence-electron chi connectivity index (χ1n) is 9.02. The van der Waals surface area contributed by atoms with Crippen LogP contribution in [-0.2, 0) is 11.2 Å². The number of para-hydroxylation sites is 1. The van der Waals surface area contributed by atoms with Crippen LogP contribution in [0, 0.1) is 0 Å². The quantitative estimate of drug-likeness (QED) is 0.635. The number of nitrogens with two attached hydrogens (primary N) is 1. The van der Waals surface area contributed by atoms with Gasteiger partial charge in [-0.1, -0.05) is 18.2 Å². The number of halogens is 2. The van der Waals surface area contributed by atoms with Crippen molar-refractivity contribution in [1.82, 2.24) is 20.4 Å². The van der Waals surface area contributed by atoms with Gasteiger partial charge in [-0.05, 0) is 57.7 Å². The molecule has 1 aliphatic heterocycles. The number of rotatable bonds is 6. The summed E-state index contributed by atoms with van der Waals surface area (Å²) < 4.78 is 1.75. The molecule has 3 rings (SSSR count). The molecule has 6 nitrogen and oxygen atoms in total. The van der Waals surface area contributed by atoms with Gasteiger partial charge in [0.15, 0.2) is 0 Å². The number of piperidine rings is 1. The van der Waals surface area contributed by atoms with Crippen molar-refractivity contribution in [2.24, 2.45) is 0 Å². The van der Waals surface area contributed by atoms with E-state index in [1.165, 1.54) is 0 Å². The first-order valence-corrected chi connectivity index (χ1v) is 9.02. The fraction of sp³-hybridized carbons (Fsp3) is 0.474. The summed E-state index contributed by atoms with van der Waals surface area (Å²) in [7, 11) is 0. The highest BCUT2D eigenvalue weighted by Gasteiger charge is 2.33. The van der Waals surface area contributed by atoms with Gasteiger partial charge in [0.25, 0.3) is 0 Å². The van der Waals surface area contributed by atoms with Crippen LogP contribution in [0.4, 0.5) is 5.82 Å². The van der Waals surface area contributed by atoms with Crippen LogP contribution in [0.15, 0.2) is 36.4 Å². The van der Waals surface area contributed by atoms with Gasteiger partial charge in [-0.25, -0.2) is 4.68 Å². The Hall–Kier alpha value is -1.76. The molecule has 1 fully saturated rings. The Morgan fingerprint density at radius 3 is 2.70 bits per heavy atom. The molecule has 0 saturated carbocycles. The number of hydrogen-bond acceptors (Lipinski definition) is 4. The van der Waals surface area contributed by atoms with Crippen LogP contribution in [-0.4, -0.2) is 34.3 Å². The summed E-state index contributed by atoms with van der Waals surface area (Å²) in [5.74, 6) is 0.727. The van der Waals surface area contributed by atoms with E-state index in [-0.39, 0.29) is 30.7 Å². The number of nitrogens with zero attached hydrogens (tertiary/aromatic N) is 2. The van der Waals surface area contributed by atoms with E-state index in [0.717, 1.165) is 50.0 Å². The lowest BCUT2D eigenvalue weighted by Gasteiger charge is -2.33. The minimum atomic E-state index is -0.419. The Morgan fingerprint density at radius 2 is 2.04 bits per heavy atom. The van der Waals surface area contributed by atoms with Gasteiger partial charge in [0.2, 0.25) is 5.91 Å². The van der Waals surface area contributed by atoms with Crippen molar-refractivity contribution in [2.45, 2.75) is 44.6 Å². The van der Waals surface area contributed by atoms with Crippen LogP contribution >= 0.6 is 24.8 Å². The summed E-state index contributed by atoms with van der Waals surface area (Å²) in [6.45, 7) is 3.55. The molecule has 0 aliphatic carbocycles. The van der Waals surface area contributed by atoms with E-state index in [1.54, 1.807) is 4.68 Å². The second kappa shape index (κ2) is 10.5. The number of nitrogen functional groups attached to an aromatic ring is 1. The zero-order valence-corrected chi connectivity index (χ0v) is 17.2. The number of aromatic nitrogens is 2. The first kappa shape index (κ1) is 23.3. The number of benzene rings is 1. The van der Waals surface area contributed by atoms with Crippen LogP contribution in [0.25, 0.3) is 5.69 Å². The first-order chi connectivity index (χ1) is 12.1. The third-order valence-corrected chi connectivity index (χ3v) is 4.80. The molecular weight excluding hydrogens is 385 g/mol. The summed E-state index contributed by atoms with van der Waals surface area (Å²) >= 11 is 0. The minimum Gasteiger partial charge on any atom is -0.384 e. The molecule has 27 heavy (non-hydrogen) atoms. The van der Waals surface area contributed by atoms with Crippen molar-refractivity contribution in [3.63, 3.8) is 0 Å². The average Bonchev–Trinajstić information content (AvgIpc) is 3.00. The Balaban J connectivity index is 0.00000182. The predicted octanol–water partition coefficient (Wildman–Crippen LogP) is 2.88. The third-order valence-electron chi connectivity index (χ3n) is 4.80. The molecular formula is C19H29Cl2N5O. The van der Waals surface area contributed by atoms with Crippen molar-refractivity contribution in [3.05, 3.63) is 42.1 Å².